The first-order chi connectivity index (χ1) is 11.7. The van der Waals surface area contributed by atoms with Crippen molar-refractivity contribution in [2.75, 3.05) is 6.54 Å². The van der Waals surface area contributed by atoms with Crippen LogP contribution in [-0.2, 0) is 26.3 Å². The van der Waals surface area contributed by atoms with E-state index in [2.05, 4.69) is 11.4 Å². The highest BCUT2D eigenvalue weighted by Crippen LogP contribution is 2.42. The van der Waals surface area contributed by atoms with E-state index in [4.69, 9.17) is 4.74 Å². The average molecular weight is 341 g/mol. The number of nitrogens with one attached hydrogen (secondary N) is 1. The van der Waals surface area contributed by atoms with E-state index in [0.717, 1.165) is 10.5 Å². The minimum absolute atomic E-state index is 0.371. The maximum Gasteiger partial charge on any atom is 0.326 e. The Labute approximate surface area is 145 Å². The maximum atomic E-state index is 13.0. The molecule has 1 N–H and O–H groups in total. The molecule has 1 aromatic carbocycles. The summed E-state index contributed by atoms with van der Waals surface area (Å²) in [6, 6.07) is 6.63. The number of nitrogens with zero attached hydrogens (tertiary/aromatic N) is 2. The number of benzene rings is 1. The third kappa shape index (κ3) is 2.74. The van der Waals surface area contributed by atoms with Gasteiger partial charge in [-0.05, 0) is 50.8 Å². The monoisotopic (exact) mass is 341 g/mol. The Morgan fingerprint density at radius 1 is 1.40 bits per heavy atom. The van der Waals surface area contributed by atoms with Gasteiger partial charge in [-0.2, -0.15) is 5.26 Å². The van der Waals surface area contributed by atoms with Crippen LogP contribution in [0.2, 0.25) is 0 Å². The topological polar surface area (TPSA) is 99.5 Å². The first-order valence-corrected chi connectivity index (χ1v) is 8.06. The number of hydrogen-bond acceptors (Lipinski definition) is 5. The zero-order valence-electron chi connectivity index (χ0n) is 14.4. The van der Waals surface area contributed by atoms with Gasteiger partial charge in [0.25, 0.3) is 5.91 Å². The summed E-state index contributed by atoms with van der Waals surface area (Å²) in [6.45, 7) is 4.72. The normalized spacial score (nSPS) is 21.9. The summed E-state index contributed by atoms with van der Waals surface area (Å²) >= 11 is 0. The van der Waals surface area contributed by atoms with Crippen LogP contribution in [0.4, 0.5) is 4.79 Å². The van der Waals surface area contributed by atoms with Crippen molar-refractivity contribution >= 4 is 17.9 Å². The highest BCUT2D eigenvalue weighted by atomic mass is 16.6. The third-order valence-electron chi connectivity index (χ3n) is 4.39. The van der Waals surface area contributed by atoms with Crippen molar-refractivity contribution in [2.45, 2.75) is 44.8 Å². The van der Waals surface area contributed by atoms with Gasteiger partial charge in [0.05, 0.1) is 11.6 Å². The summed E-state index contributed by atoms with van der Waals surface area (Å²) in [5.74, 6) is -1.12. The van der Waals surface area contributed by atoms with Crippen LogP contribution in [0, 0.1) is 11.3 Å². The Kier molecular flexibility index (Phi) is 3.79. The lowest BCUT2D eigenvalue weighted by atomic mass is 9.91. The second-order valence-corrected chi connectivity index (χ2v) is 7.26. The number of fused-ring (bicyclic) bond motifs is 2. The predicted octanol–water partition coefficient (Wildman–Crippen LogP) is 1.59. The first kappa shape index (κ1) is 17.0. The zero-order valence-corrected chi connectivity index (χ0v) is 14.4. The van der Waals surface area contributed by atoms with Crippen molar-refractivity contribution < 1.29 is 19.1 Å². The van der Waals surface area contributed by atoms with Gasteiger partial charge in [-0.3, -0.25) is 14.5 Å². The quantitative estimate of drug-likeness (QED) is 0.650. The van der Waals surface area contributed by atoms with Gasteiger partial charge in [0, 0.05) is 0 Å². The van der Waals surface area contributed by atoms with E-state index in [0.29, 0.717) is 24.0 Å². The Morgan fingerprint density at radius 2 is 2.12 bits per heavy atom. The smallest absolute Gasteiger partial charge is 0.326 e. The van der Waals surface area contributed by atoms with Gasteiger partial charge in [-0.25, -0.2) is 4.79 Å². The predicted molar refractivity (Wildman–Crippen MR) is 87.2 cm³/mol. The molecule has 1 aliphatic carbocycles. The fourth-order valence-electron chi connectivity index (χ4n) is 3.43. The fourth-order valence-corrected chi connectivity index (χ4v) is 3.43. The van der Waals surface area contributed by atoms with E-state index in [1.807, 2.05) is 0 Å². The van der Waals surface area contributed by atoms with E-state index in [9.17, 15) is 19.6 Å². The minimum Gasteiger partial charge on any atom is -0.459 e. The third-order valence-corrected chi connectivity index (χ3v) is 4.39. The number of carbonyl (C=O) groups excluding carboxylic acids is 3. The standard InChI is InChI=1S/C18H19N3O4/c1-17(2,3)25-14(22)10-21-15(23)18(20-16(21)24)8-7-12-11(9-19)5-4-6-13(12)18/h4-6H,7-8,10H2,1-3H3,(H,20,24). The van der Waals surface area contributed by atoms with Crippen LogP contribution in [0.3, 0.4) is 0 Å². The van der Waals surface area contributed by atoms with Crippen LogP contribution in [0.25, 0.3) is 0 Å². The maximum absolute atomic E-state index is 13.0. The first-order valence-electron chi connectivity index (χ1n) is 8.06. The molecule has 1 fully saturated rings. The van der Waals surface area contributed by atoms with Gasteiger partial charge >= 0.3 is 12.0 Å². The van der Waals surface area contributed by atoms with E-state index >= 15 is 0 Å². The van der Waals surface area contributed by atoms with E-state index in [1.165, 1.54) is 0 Å². The van der Waals surface area contributed by atoms with Gasteiger partial charge in [-0.15, -0.1) is 0 Å². The molecule has 0 aromatic heterocycles. The summed E-state index contributed by atoms with van der Waals surface area (Å²) in [5, 5.41) is 12.0. The van der Waals surface area contributed by atoms with Crippen molar-refractivity contribution in [3.63, 3.8) is 0 Å². The van der Waals surface area contributed by atoms with Crippen LogP contribution < -0.4 is 5.32 Å². The SMILES string of the molecule is CC(C)(C)OC(=O)CN1C(=O)NC2(CCc3c(C#N)cccc32)C1=O. The van der Waals surface area contributed by atoms with Crippen molar-refractivity contribution in [1.82, 2.24) is 10.2 Å². The molecule has 3 amide bonds. The van der Waals surface area contributed by atoms with Crippen molar-refractivity contribution in [3.8, 4) is 6.07 Å². The zero-order chi connectivity index (χ0) is 18.4. The molecule has 7 nitrogen and oxygen atoms in total. The van der Waals surface area contributed by atoms with Gasteiger partial charge in [0.15, 0.2) is 0 Å². The molecule has 0 saturated carbocycles. The molecule has 2 aliphatic rings. The largest absolute Gasteiger partial charge is 0.459 e. The second kappa shape index (κ2) is 5.59. The molecular weight excluding hydrogens is 322 g/mol. The molecule has 1 saturated heterocycles. The Hall–Kier alpha value is -2.88. The number of imide groups is 1. The molecule has 7 heteroatoms. The number of rotatable bonds is 2. The number of ether oxygens (including phenoxy) is 1. The molecule has 1 spiro atoms. The summed E-state index contributed by atoms with van der Waals surface area (Å²) in [7, 11) is 0. The van der Waals surface area contributed by atoms with Crippen molar-refractivity contribution in [3.05, 3.63) is 34.9 Å². The van der Waals surface area contributed by atoms with Gasteiger partial charge in [-0.1, -0.05) is 12.1 Å². The molecule has 1 atom stereocenters. The molecule has 130 valence electrons. The number of urea groups is 1. The molecule has 1 unspecified atom stereocenters. The van der Waals surface area contributed by atoms with Crippen LogP contribution in [0.1, 0.15) is 43.9 Å². The Bertz CT molecular complexity index is 819. The lowest BCUT2D eigenvalue weighted by Crippen LogP contribution is -2.43. The summed E-state index contributed by atoms with van der Waals surface area (Å²) in [6.07, 6.45) is 0.891. The summed E-state index contributed by atoms with van der Waals surface area (Å²) in [5.41, 5.74) is 0.0214. The number of carbonyl (C=O) groups is 3. The Morgan fingerprint density at radius 3 is 2.76 bits per heavy atom. The Balaban J connectivity index is 1.89. The summed E-state index contributed by atoms with van der Waals surface area (Å²) in [4.78, 5) is 38.2. The van der Waals surface area contributed by atoms with E-state index < -0.39 is 35.6 Å². The van der Waals surface area contributed by atoms with Crippen LogP contribution in [-0.4, -0.2) is 35.0 Å². The lowest BCUT2D eigenvalue weighted by molar-refractivity contribution is -0.157. The molecule has 1 aromatic rings. The molecular formula is C18H19N3O4. The van der Waals surface area contributed by atoms with Gasteiger partial charge < -0.3 is 10.1 Å². The van der Waals surface area contributed by atoms with Crippen LogP contribution in [0.5, 0.6) is 0 Å². The van der Waals surface area contributed by atoms with Crippen molar-refractivity contribution in [2.24, 2.45) is 0 Å². The van der Waals surface area contributed by atoms with Crippen LogP contribution in [0.15, 0.2) is 18.2 Å². The second-order valence-electron chi connectivity index (χ2n) is 7.26. The molecule has 0 bridgehead atoms. The number of hydrogen-bond donors (Lipinski definition) is 1. The molecule has 1 heterocycles. The average Bonchev–Trinajstić information content (AvgIpc) is 3.00. The highest BCUT2D eigenvalue weighted by Gasteiger charge is 2.56. The van der Waals surface area contributed by atoms with Gasteiger partial charge in [0.2, 0.25) is 0 Å². The van der Waals surface area contributed by atoms with E-state index in [1.54, 1.807) is 39.0 Å². The summed E-state index contributed by atoms with van der Waals surface area (Å²) < 4.78 is 5.20. The number of nitriles is 1. The van der Waals surface area contributed by atoms with Gasteiger partial charge in [0.1, 0.15) is 17.7 Å². The number of amides is 3. The van der Waals surface area contributed by atoms with Crippen LogP contribution >= 0.6 is 0 Å². The van der Waals surface area contributed by atoms with E-state index in [-0.39, 0.29) is 0 Å². The molecule has 3 rings (SSSR count). The molecule has 1 aliphatic heterocycles. The fraction of sp³-hybridized carbons (Fsp3) is 0.444. The highest BCUT2D eigenvalue weighted by molar-refractivity contribution is 6.09. The molecule has 0 radical (unpaired) electrons. The number of esters is 1. The molecule has 25 heavy (non-hydrogen) atoms. The lowest BCUT2D eigenvalue weighted by Gasteiger charge is -2.23. The van der Waals surface area contributed by atoms with Crippen molar-refractivity contribution in [1.29, 1.82) is 5.26 Å². The minimum atomic E-state index is -1.19.